The van der Waals surface area contributed by atoms with Crippen LogP contribution in [0.3, 0.4) is 0 Å². The van der Waals surface area contributed by atoms with E-state index in [-0.39, 0.29) is 0 Å². The van der Waals surface area contributed by atoms with Crippen LogP contribution in [-0.2, 0) is 0 Å². The van der Waals surface area contributed by atoms with E-state index in [4.69, 9.17) is 10.6 Å². The maximum atomic E-state index is 13.8. The van der Waals surface area contributed by atoms with E-state index >= 15 is 0 Å². The fraction of sp³-hybridized carbons (Fsp3) is 0.231. The van der Waals surface area contributed by atoms with Gasteiger partial charge in [0.25, 0.3) is 0 Å². The lowest BCUT2D eigenvalue weighted by molar-refractivity contribution is 0.338. The van der Waals surface area contributed by atoms with E-state index < -0.39 is 11.9 Å². The van der Waals surface area contributed by atoms with Gasteiger partial charge in [-0.05, 0) is 24.6 Å². The summed E-state index contributed by atoms with van der Waals surface area (Å²) in [5.41, 5.74) is 3.71. The van der Waals surface area contributed by atoms with E-state index in [0.29, 0.717) is 17.9 Å². The second-order valence-corrected chi connectivity index (χ2v) is 3.88. The normalized spacial score (nSPS) is 12.2. The minimum atomic E-state index is -0.504. The highest BCUT2D eigenvalue weighted by Gasteiger charge is 2.17. The first-order valence-corrected chi connectivity index (χ1v) is 5.89. The Morgan fingerprint density at radius 3 is 2.89 bits per heavy atom. The van der Waals surface area contributed by atoms with E-state index in [1.807, 2.05) is 6.92 Å². The minimum Gasteiger partial charge on any atom is -0.492 e. The van der Waals surface area contributed by atoms with Gasteiger partial charge >= 0.3 is 0 Å². The van der Waals surface area contributed by atoms with Gasteiger partial charge in [0.05, 0.1) is 25.0 Å². The van der Waals surface area contributed by atoms with Crippen molar-refractivity contribution in [2.75, 3.05) is 6.61 Å². The number of hydrogen-bond acceptors (Lipinski definition) is 5. The second-order valence-electron chi connectivity index (χ2n) is 3.88. The molecule has 0 aliphatic rings. The van der Waals surface area contributed by atoms with Crippen LogP contribution in [0, 0.1) is 5.82 Å². The van der Waals surface area contributed by atoms with Crippen LogP contribution in [0.25, 0.3) is 0 Å². The third-order valence-corrected chi connectivity index (χ3v) is 2.66. The van der Waals surface area contributed by atoms with Crippen molar-refractivity contribution < 1.29 is 9.13 Å². The van der Waals surface area contributed by atoms with Crippen molar-refractivity contribution in [2.45, 2.75) is 13.0 Å². The molecule has 0 aromatic carbocycles. The molecular formula is C13H15FN4O. The maximum Gasteiger partial charge on any atom is 0.146 e. The molecule has 19 heavy (non-hydrogen) atoms. The average Bonchev–Trinajstić information content (AvgIpc) is 2.43. The average molecular weight is 262 g/mol. The summed E-state index contributed by atoms with van der Waals surface area (Å²) in [6.07, 6.45) is 5.89. The third-order valence-electron chi connectivity index (χ3n) is 2.66. The van der Waals surface area contributed by atoms with Gasteiger partial charge in [-0.1, -0.05) is 0 Å². The van der Waals surface area contributed by atoms with Gasteiger partial charge in [0, 0.05) is 18.0 Å². The summed E-state index contributed by atoms with van der Waals surface area (Å²) in [7, 11) is 0. The molecule has 3 N–H and O–H groups in total. The largest absolute Gasteiger partial charge is 0.492 e. The number of pyridine rings is 2. The van der Waals surface area contributed by atoms with Crippen molar-refractivity contribution in [3.63, 3.8) is 0 Å². The summed E-state index contributed by atoms with van der Waals surface area (Å²) < 4.78 is 19.1. The molecule has 0 fully saturated rings. The van der Waals surface area contributed by atoms with Crippen molar-refractivity contribution in [1.29, 1.82) is 0 Å². The number of rotatable bonds is 5. The molecule has 5 nitrogen and oxygen atoms in total. The predicted octanol–water partition coefficient (Wildman–Crippen LogP) is 1.57. The number of hydrazine groups is 1. The highest BCUT2D eigenvalue weighted by atomic mass is 19.1. The number of nitrogens with zero attached hydrogens (tertiary/aromatic N) is 2. The van der Waals surface area contributed by atoms with Gasteiger partial charge in [-0.25, -0.2) is 9.82 Å². The lowest BCUT2D eigenvalue weighted by Gasteiger charge is -2.17. The molecule has 0 saturated heterocycles. The predicted molar refractivity (Wildman–Crippen MR) is 68.8 cm³/mol. The number of halogens is 1. The number of nitrogens with two attached hydrogens (primary N) is 1. The highest BCUT2D eigenvalue weighted by Crippen LogP contribution is 2.25. The molecule has 0 aliphatic heterocycles. The van der Waals surface area contributed by atoms with Gasteiger partial charge < -0.3 is 4.74 Å². The standard InChI is InChI=1S/C13H15FN4O/c1-2-19-10-5-9(6-17-7-10)13(18-15)11-3-4-16-8-12(11)14/h3-8,13,18H,2,15H2,1H3. The number of aromatic nitrogens is 2. The molecule has 0 aliphatic carbocycles. The Morgan fingerprint density at radius 1 is 1.37 bits per heavy atom. The zero-order valence-corrected chi connectivity index (χ0v) is 10.5. The van der Waals surface area contributed by atoms with Crippen LogP contribution in [0.15, 0.2) is 36.9 Å². The Labute approximate surface area is 110 Å². The van der Waals surface area contributed by atoms with Crippen molar-refractivity contribution in [1.82, 2.24) is 15.4 Å². The number of nitrogens with one attached hydrogen (secondary N) is 1. The number of hydrogen-bond donors (Lipinski definition) is 2. The molecule has 100 valence electrons. The summed E-state index contributed by atoms with van der Waals surface area (Å²) >= 11 is 0. The van der Waals surface area contributed by atoms with Crippen molar-refractivity contribution in [2.24, 2.45) is 5.84 Å². The summed E-state index contributed by atoms with van der Waals surface area (Å²) in [5, 5.41) is 0. The zero-order chi connectivity index (χ0) is 13.7. The molecule has 0 bridgehead atoms. The smallest absolute Gasteiger partial charge is 0.146 e. The first-order chi connectivity index (χ1) is 9.26. The van der Waals surface area contributed by atoms with Crippen LogP contribution >= 0.6 is 0 Å². The maximum absolute atomic E-state index is 13.8. The molecule has 2 aromatic rings. The molecule has 0 saturated carbocycles. The van der Waals surface area contributed by atoms with E-state index in [2.05, 4.69) is 15.4 Å². The fourth-order valence-corrected chi connectivity index (χ4v) is 1.82. The molecule has 1 atom stereocenters. The first kappa shape index (κ1) is 13.4. The molecule has 6 heteroatoms. The molecule has 0 amide bonds. The topological polar surface area (TPSA) is 73.1 Å². The van der Waals surface area contributed by atoms with Crippen LogP contribution in [0.4, 0.5) is 4.39 Å². The highest BCUT2D eigenvalue weighted by molar-refractivity contribution is 5.33. The quantitative estimate of drug-likeness (QED) is 0.632. The van der Waals surface area contributed by atoms with Crippen LogP contribution in [0.5, 0.6) is 5.75 Å². The third kappa shape index (κ3) is 3.04. The molecule has 0 radical (unpaired) electrons. The Hall–Kier alpha value is -2.05. The second kappa shape index (κ2) is 6.21. The van der Waals surface area contributed by atoms with E-state index in [9.17, 15) is 4.39 Å². The zero-order valence-electron chi connectivity index (χ0n) is 10.5. The SMILES string of the molecule is CCOc1cncc(C(NN)c2ccncc2F)c1. The van der Waals surface area contributed by atoms with Crippen LogP contribution < -0.4 is 16.0 Å². The lowest BCUT2D eigenvalue weighted by Crippen LogP contribution is -2.29. The van der Waals surface area contributed by atoms with E-state index in [1.165, 1.54) is 6.20 Å². The first-order valence-electron chi connectivity index (χ1n) is 5.89. The summed E-state index contributed by atoms with van der Waals surface area (Å²) in [6, 6.07) is 2.85. The fourth-order valence-electron chi connectivity index (χ4n) is 1.82. The molecule has 0 spiro atoms. The van der Waals surface area contributed by atoms with Crippen molar-refractivity contribution in [3.05, 3.63) is 53.9 Å². The molecule has 2 heterocycles. The van der Waals surface area contributed by atoms with Gasteiger partial charge in [0.1, 0.15) is 11.6 Å². The lowest BCUT2D eigenvalue weighted by atomic mass is 10.0. The van der Waals surface area contributed by atoms with Crippen molar-refractivity contribution >= 4 is 0 Å². The molecule has 1 unspecified atom stereocenters. The van der Waals surface area contributed by atoms with Crippen molar-refractivity contribution in [3.8, 4) is 5.75 Å². The molecule has 2 rings (SSSR count). The molecule has 2 aromatic heterocycles. The van der Waals surface area contributed by atoms with Gasteiger partial charge in [-0.15, -0.1) is 0 Å². The van der Waals surface area contributed by atoms with Gasteiger partial charge in [-0.3, -0.25) is 15.8 Å². The van der Waals surface area contributed by atoms with E-state index in [0.717, 1.165) is 11.8 Å². The Balaban J connectivity index is 2.37. The Morgan fingerprint density at radius 2 is 2.21 bits per heavy atom. The Bertz CT molecular complexity index is 550. The Kier molecular flexibility index (Phi) is 4.38. The van der Waals surface area contributed by atoms with Crippen LogP contribution in [0.2, 0.25) is 0 Å². The number of ether oxygens (including phenoxy) is 1. The van der Waals surface area contributed by atoms with Crippen LogP contribution in [-0.4, -0.2) is 16.6 Å². The van der Waals surface area contributed by atoms with E-state index in [1.54, 1.807) is 24.5 Å². The van der Waals surface area contributed by atoms with Gasteiger partial charge in [-0.2, -0.15) is 0 Å². The summed E-state index contributed by atoms with van der Waals surface area (Å²) in [6.45, 7) is 2.42. The van der Waals surface area contributed by atoms with Crippen LogP contribution in [0.1, 0.15) is 24.1 Å². The van der Waals surface area contributed by atoms with Gasteiger partial charge in [0.2, 0.25) is 0 Å². The summed E-state index contributed by atoms with van der Waals surface area (Å²) in [4.78, 5) is 7.79. The monoisotopic (exact) mass is 262 g/mol. The molecular weight excluding hydrogens is 247 g/mol. The summed E-state index contributed by atoms with van der Waals surface area (Å²) in [5.74, 6) is 5.72. The minimum absolute atomic E-state index is 0.410. The van der Waals surface area contributed by atoms with Gasteiger partial charge in [0.15, 0.2) is 0 Å².